The van der Waals surface area contributed by atoms with Gasteiger partial charge in [-0.25, -0.2) is 14.0 Å². The minimum Gasteiger partial charge on any atom is -0.495 e. The summed E-state index contributed by atoms with van der Waals surface area (Å²) in [6, 6.07) is 5.45. The maximum absolute atomic E-state index is 14.1. The third kappa shape index (κ3) is 5.96. The lowest BCUT2D eigenvalue weighted by molar-refractivity contribution is -0.137. The summed E-state index contributed by atoms with van der Waals surface area (Å²) >= 11 is 0. The Balaban J connectivity index is 2.25. The zero-order valence-corrected chi connectivity index (χ0v) is 15.0. The second-order valence-electron chi connectivity index (χ2n) is 5.71. The first-order chi connectivity index (χ1) is 13.6. The Hall–Kier alpha value is -3.56. The number of rotatable bonds is 6. The highest BCUT2D eigenvalue weighted by molar-refractivity contribution is 6.01. The molecular weight excluding hydrogens is 396 g/mol. The monoisotopic (exact) mass is 412 g/mol. The molecule has 0 aromatic heterocycles. The molecule has 29 heavy (non-hydrogen) atoms. The number of carbonyl (C=O) groups is 2. The van der Waals surface area contributed by atoms with Gasteiger partial charge in [-0.3, -0.25) is 0 Å². The average Bonchev–Trinajstić information content (AvgIpc) is 2.63. The van der Waals surface area contributed by atoms with Crippen molar-refractivity contribution in [2.24, 2.45) is 0 Å². The Kier molecular flexibility index (Phi) is 6.81. The minimum absolute atomic E-state index is 0.00650. The van der Waals surface area contributed by atoms with Crippen LogP contribution in [0.15, 0.2) is 48.6 Å². The number of carbonyl (C=O) groups excluding carboxylic acids is 1. The van der Waals surface area contributed by atoms with Crippen molar-refractivity contribution in [3.8, 4) is 5.75 Å². The lowest BCUT2D eigenvalue weighted by Crippen LogP contribution is -2.22. The number of carboxylic acids is 1. The van der Waals surface area contributed by atoms with E-state index >= 15 is 0 Å². The van der Waals surface area contributed by atoms with Crippen LogP contribution in [0.2, 0.25) is 0 Å². The molecule has 0 aliphatic rings. The highest BCUT2D eigenvalue weighted by Crippen LogP contribution is 2.35. The summed E-state index contributed by atoms with van der Waals surface area (Å²) in [5.41, 5.74) is -1.22. The highest BCUT2D eigenvalue weighted by atomic mass is 19.4. The highest BCUT2D eigenvalue weighted by Gasteiger charge is 2.31. The van der Waals surface area contributed by atoms with Gasteiger partial charge in [0.15, 0.2) is 0 Å². The Morgan fingerprint density at radius 1 is 1.17 bits per heavy atom. The molecular formula is C19H16F4N2O4. The van der Waals surface area contributed by atoms with Gasteiger partial charge in [-0.1, -0.05) is 18.2 Å². The van der Waals surface area contributed by atoms with E-state index in [-0.39, 0.29) is 29.1 Å². The van der Waals surface area contributed by atoms with E-state index in [1.54, 1.807) is 0 Å². The lowest BCUT2D eigenvalue weighted by atomic mass is 10.1. The van der Waals surface area contributed by atoms with Gasteiger partial charge in [0.05, 0.1) is 24.0 Å². The molecule has 0 heterocycles. The van der Waals surface area contributed by atoms with E-state index in [4.69, 9.17) is 9.84 Å². The maximum Gasteiger partial charge on any atom is 0.416 e. The Morgan fingerprint density at radius 3 is 2.52 bits per heavy atom. The van der Waals surface area contributed by atoms with Crippen LogP contribution < -0.4 is 15.4 Å². The lowest BCUT2D eigenvalue weighted by Gasteiger charge is -2.15. The fraction of sp³-hybridized carbons (Fsp3) is 0.158. The zero-order valence-electron chi connectivity index (χ0n) is 15.0. The van der Waals surface area contributed by atoms with Crippen molar-refractivity contribution in [1.82, 2.24) is 0 Å². The molecule has 2 rings (SSSR count). The van der Waals surface area contributed by atoms with Crippen LogP contribution in [-0.4, -0.2) is 24.2 Å². The van der Waals surface area contributed by atoms with Gasteiger partial charge in [-0.2, -0.15) is 13.2 Å². The fourth-order valence-electron chi connectivity index (χ4n) is 2.41. The van der Waals surface area contributed by atoms with Crippen molar-refractivity contribution in [2.45, 2.75) is 12.6 Å². The Bertz CT molecular complexity index is 942. The first kappa shape index (κ1) is 21.7. The van der Waals surface area contributed by atoms with E-state index < -0.39 is 29.6 Å². The second-order valence-corrected chi connectivity index (χ2v) is 5.71. The van der Waals surface area contributed by atoms with Gasteiger partial charge in [0, 0.05) is 6.08 Å². The number of amides is 2. The number of ether oxygens (including phenoxy) is 1. The van der Waals surface area contributed by atoms with Gasteiger partial charge < -0.3 is 20.5 Å². The molecule has 10 heteroatoms. The molecule has 2 aromatic rings. The molecule has 0 radical (unpaired) electrons. The molecule has 0 saturated heterocycles. The third-order valence-corrected chi connectivity index (χ3v) is 3.71. The summed E-state index contributed by atoms with van der Waals surface area (Å²) in [5, 5.41) is 13.1. The van der Waals surface area contributed by atoms with Crippen molar-refractivity contribution in [2.75, 3.05) is 17.7 Å². The zero-order chi connectivity index (χ0) is 21.6. The normalized spacial score (nSPS) is 11.3. The van der Waals surface area contributed by atoms with Crippen LogP contribution >= 0.6 is 0 Å². The number of carboxylic acid groups (broad SMARTS) is 1. The molecule has 0 aliphatic carbocycles. The molecule has 0 bridgehead atoms. The molecule has 154 valence electrons. The van der Waals surface area contributed by atoms with Gasteiger partial charge in [0.1, 0.15) is 11.6 Å². The van der Waals surface area contributed by atoms with E-state index in [0.29, 0.717) is 6.07 Å². The number of anilines is 2. The topological polar surface area (TPSA) is 87.7 Å². The predicted octanol–water partition coefficient (Wildman–Crippen LogP) is 4.68. The van der Waals surface area contributed by atoms with E-state index in [0.717, 1.165) is 24.3 Å². The predicted molar refractivity (Wildman–Crippen MR) is 97.5 cm³/mol. The smallest absolute Gasteiger partial charge is 0.416 e. The van der Waals surface area contributed by atoms with Crippen LogP contribution in [-0.2, 0) is 17.4 Å². The van der Waals surface area contributed by atoms with Gasteiger partial charge in [-0.15, -0.1) is 0 Å². The molecule has 0 atom stereocenters. The second kappa shape index (κ2) is 9.09. The number of hydrogen-bond acceptors (Lipinski definition) is 3. The van der Waals surface area contributed by atoms with Crippen LogP contribution in [0.1, 0.15) is 11.1 Å². The van der Waals surface area contributed by atoms with Gasteiger partial charge in [0.2, 0.25) is 0 Å². The molecule has 0 aliphatic heterocycles. The third-order valence-electron chi connectivity index (χ3n) is 3.71. The van der Waals surface area contributed by atoms with E-state index in [9.17, 15) is 27.2 Å². The number of halogens is 4. The van der Waals surface area contributed by atoms with E-state index in [1.165, 1.54) is 25.3 Å². The Labute approximate surface area is 162 Å². The first-order valence-electron chi connectivity index (χ1n) is 8.12. The maximum atomic E-state index is 14.1. The summed E-state index contributed by atoms with van der Waals surface area (Å²) < 4.78 is 57.8. The number of benzene rings is 2. The van der Waals surface area contributed by atoms with Gasteiger partial charge >= 0.3 is 18.2 Å². The Morgan fingerprint density at radius 2 is 1.90 bits per heavy atom. The number of hydrogen-bond donors (Lipinski definition) is 3. The van der Waals surface area contributed by atoms with Crippen LogP contribution in [0, 0.1) is 5.82 Å². The summed E-state index contributed by atoms with van der Waals surface area (Å²) in [7, 11) is 1.22. The van der Waals surface area contributed by atoms with Crippen LogP contribution in [0.25, 0.3) is 0 Å². The molecule has 3 N–H and O–H groups in total. The molecule has 6 nitrogen and oxygen atoms in total. The number of para-hydroxylation sites is 1. The number of alkyl halides is 3. The van der Waals surface area contributed by atoms with E-state index in [2.05, 4.69) is 10.6 Å². The molecule has 0 saturated carbocycles. The summed E-state index contributed by atoms with van der Waals surface area (Å²) in [6.45, 7) is 0. The summed E-state index contributed by atoms with van der Waals surface area (Å²) in [5.74, 6) is -2.01. The van der Waals surface area contributed by atoms with Crippen molar-refractivity contribution < 1.29 is 37.0 Å². The largest absolute Gasteiger partial charge is 0.495 e. The number of allylic oxidation sites excluding steroid dienone is 1. The first-order valence-corrected chi connectivity index (χ1v) is 8.12. The number of aliphatic carboxylic acids is 1. The molecule has 0 fully saturated rings. The summed E-state index contributed by atoms with van der Waals surface area (Å²) in [4.78, 5) is 22.8. The van der Waals surface area contributed by atoms with Crippen LogP contribution in [0.3, 0.4) is 0 Å². The molecule has 2 amide bonds. The number of methoxy groups -OCH3 is 1. The van der Waals surface area contributed by atoms with Gasteiger partial charge in [-0.05, 0) is 36.2 Å². The fourth-order valence-corrected chi connectivity index (χ4v) is 2.41. The van der Waals surface area contributed by atoms with Crippen molar-refractivity contribution in [1.29, 1.82) is 0 Å². The summed E-state index contributed by atoms with van der Waals surface area (Å²) in [6.07, 6.45) is -2.50. The van der Waals surface area contributed by atoms with E-state index in [1.807, 2.05) is 0 Å². The van der Waals surface area contributed by atoms with Crippen LogP contribution in [0.5, 0.6) is 5.75 Å². The molecule has 0 spiro atoms. The van der Waals surface area contributed by atoms with Crippen LogP contribution in [0.4, 0.5) is 33.7 Å². The molecule has 0 unspecified atom stereocenters. The van der Waals surface area contributed by atoms with Crippen molar-refractivity contribution in [3.63, 3.8) is 0 Å². The minimum atomic E-state index is -4.63. The molecule has 2 aromatic carbocycles. The van der Waals surface area contributed by atoms with Crippen molar-refractivity contribution >= 4 is 23.4 Å². The number of urea groups is 1. The van der Waals surface area contributed by atoms with Gasteiger partial charge in [0.25, 0.3) is 0 Å². The average molecular weight is 412 g/mol. The van der Waals surface area contributed by atoms with Crippen molar-refractivity contribution in [3.05, 3.63) is 65.5 Å². The standard InChI is InChI=1S/C19H16F4N2O4/c1-29-15-9-8-12(19(21,22)23)10-14(15)24-18(28)25-17-11(4-2-6-13(17)20)5-3-7-16(26)27/h2-4,6-10H,5H2,1H3,(H,26,27)(H2,24,25,28). The quantitative estimate of drug-likeness (QED) is 0.475. The number of nitrogens with one attached hydrogen (secondary N) is 2. The SMILES string of the molecule is COc1ccc(C(F)(F)F)cc1NC(=O)Nc1c(F)cccc1CC=CC(=O)O.